The fraction of sp³-hybridized carbons (Fsp3) is 0.333. The van der Waals surface area contributed by atoms with E-state index in [-0.39, 0.29) is 11.5 Å². The molecule has 3 rings (SSSR count). The highest BCUT2D eigenvalue weighted by Crippen LogP contribution is 2.40. The van der Waals surface area contributed by atoms with Crippen LogP contribution in [0.2, 0.25) is 0 Å². The number of benzene rings is 2. The Morgan fingerprint density at radius 2 is 1.55 bits per heavy atom. The van der Waals surface area contributed by atoms with Gasteiger partial charge in [-0.05, 0) is 28.7 Å². The molecule has 0 aliphatic carbocycles. The number of hydrogen-bond donors (Lipinski definition) is 0. The smallest absolute Gasteiger partial charge is 0.207 e. The van der Waals surface area contributed by atoms with E-state index in [0.717, 1.165) is 11.1 Å². The van der Waals surface area contributed by atoms with E-state index in [1.165, 1.54) is 0 Å². The van der Waals surface area contributed by atoms with Gasteiger partial charge in [0.15, 0.2) is 0 Å². The summed E-state index contributed by atoms with van der Waals surface area (Å²) in [6.07, 6.45) is 0. The summed E-state index contributed by atoms with van der Waals surface area (Å²) in [7, 11) is -3.39. The lowest BCUT2D eigenvalue weighted by atomic mass is 9.87. The van der Waals surface area contributed by atoms with Crippen molar-refractivity contribution in [3.05, 3.63) is 65.7 Å². The Morgan fingerprint density at radius 1 is 0.955 bits per heavy atom. The molecule has 1 unspecified atom stereocenters. The first-order chi connectivity index (χ1) is 10.3. The van der Waals surface area contributed by atoms with E-state index < -0.39 is 10.0 Å². The Kier molecular flexibility index (Phi) is 3.62. The maximum Gasteiger partial charge on any atom is 0.243 e. The van der Waals surface area contributed by atoms with Crippen molar-refractivity contribution in [1.29, 1.82) is 0 Å². The van der Waals surface area contributed by atoms with E-state index >= 15 is 0 Å². The third-order valence-corrected chi connectivity index (χ3v) is 5.97. The van der Waals surface area contributed by atoms with Crippen LogP contribution in [0.15, 0.2) is 59.5 Å². The molecule has 2 atom stereocenters. The van der Waals surface area contributed by atoms with Crippen LogP contribution in [0.5, 0.6) is 0 Å². The summed E-state index contributed by atoms with van der Waals surface area (Å²) in [4.78, 5) is 0.374. The van der Waals surface area contributed by atoms with E-state index in [1.807, 2.05) is 42.5 Å². The number of nitrogens with zero attached hydrogens (tertiary/aromatic N) is 1. The zero-order valence-corrected chi connectivity index (χ0v) is 14.0. The summed E-state index contributed by atoms with van der Waals surface area (Å²) in [6.45, 7) is 6.92. The van der Waals surface area contributed by atoms with E-state index in [2.05, 4.69) is 20.8 Å². The standard InChI is InChI=1S/C18H21NO2S/c1-18(2,3)15-9-11-16(12-10-15)22(20,21)19-13-17(19)14-7-5-4-6-8-14/h4-12,17H,13H2,1-3H3/t17-,19?/m1/s1. The van der Waals surface area contributed by atoms with E-state index in [9.17, 15) is 8.42 Å². The number of sulfonamides is 1. The molecule has 1 aliphatic heterocycles. The lowest BCUT2D eigenvalue weighted by Crippen LogP contribution is -2.14. The third-order valence-electron chi connectivity index (χ3n) is 4.08. The van der Waals surface area contributed by atoms with Crippen LogP contribution in [0.4, 0.5) is 0 Å². The summed E-state index contributed by atoms with van der Waals surface area (Å²) in [5.74, 6) is 0. The van der Waals surface area contributed by atoms with Gasteiger partial charge in [0.1, 0.15) is 0 Å². The molecule has 1 aliphatic rings. The Hall–Kier alpha value is -1.65. The van der Waals surface area contributed by atoms with Crippen LogP contribution in [0.3, 0.4) is 0 Å². The molecule has 1 heterocycles. The molecule has 116 valence electrons. The molecule has 0 spiro atoms. The van der Waals surface area contributed by atoms with Crippen LogP contribution in [-0.4, -0.2) is 19.3 Å². The zero-order valence-electron chi connectivity index (χ0n) is 13.2. The zero-order chi connectivity index (χ0) is 16.0. The van der Waals surface area contributed by atoms with Gasteiger partial charge in [-0.3, -0.25) is 0 Å². The highest BCUT2D eigenvalue weighted by Gasteiger charge is 2.45. The van der Waals surface area contributed by atoms with Gasteiger partial charge in [0.25, 0.3) is 0 Å². The van der Waals surface area contributed by atoms with Crippen molar-refractivity contribution >= 4 is 10.0 Å². The van der Waals surface area contributed by atoms with Gasteiger partial charge in [0.05, 0.1) is 10.9 Å². The molecule has 0 radical (unpaired) electrons. The molecule has 0 aromatic heterocycles. The normalized spacial score (nSPS) is 21.6. The second-order valence-electron chi connectivity index (χ2n) is 6.78. The van der Waals surface area contributed by atoms with Crippen molar-refractivity contribution in [3.8, 4) is 0 Å². The third kappa shape index (κ3) is 2.81. The van der Waals surface area contributed by atoms with Gasteiger partial charge in [0, 0.05) is 6.54 Å². The minimum absolute atomic E-state index is 0.0199. The van der Waals surface area contributed by atoms with Gasteiger partial charge >= 0.3 is 0 Å². The quantitative estimate of drug-likeness (QED) is 0.809. The first-order valence-electron chi connectivity index (χ1n) is 7.47. The van der Waals surface area contributed by atoms with Crippen molar-refractivity contribution in [2.75, 3.05) is 6.54 Å². The molecule has 1 saturated heterocycles. The summed E-state index contributed by atoms with van der Waals surface area (Å²) in [5.41, 5.74) is 2.21. The monoisotopic (exact) mass is 315 g/mol. The lowest BCUT2D eigenvalue weighted by molar-refractivity contribution is 0.553. The van der Waals surface area contributed by atoms with E-state index in [0.29, 0.717) is 11.4 Å². The molecule has 3 nitrogen and oxygen atoms in total. The number of rotatable bonds is 3. The average molecular weight is 315 g/mol. The first kappa shape index (κ1) is 15.3. The second-order valence-corrected chi connectivity index (χ2v) is 8.67. The summed E-state index contributed by atoms with van der Waals surface area (Å²) >= 11 is 0. The van der Waals surface area contributed by atoms with Gasteiger partial charge in [-0.25, -0.2) is 8.42 Å². The van der Waals surface area contributed by atoms with Crippen LogP contribution < -0.4 is 0 Å². The second kappa shape index (κ2) is 5.21. The Morgan fingerprint density at radius 3 is 2.09 bits per heavy atom. The van der Waals surface area contributed by atoms with Gasteiger partial charge in [0.2, 0.25) is 10.0 Å². The highest BCUT2D eigenvalue weighted by atomic mass is 32.2. The maximum absolute atomic E-state index is 12.7. The van der Waals surface area contributed by atoms with E-state index in [1.54, 1.807) is 16.4 Å². The van der Waals surface area contributed by atoms with Crippen LogP contribution in [0.25, 0.3) is 0 Å². The van der Waals surface area contributed by atoms with Crippen molar-refractivity contribution in [2.45, 2.75) is 37.1 Å². The molecule has 22 heavy (non-hydrogen) atoms. The summed E-state index contributed by atoms with van der Waals surface area (Å²) < 4.78 is 26.9. The summed E-state index contributed by atoms with van der Waals surface area (Å²) in [5, 5.41) is 0. The molecule has 4 heteroatoms. The Labute approximate surface area is 132 Å². The largest absolute Gasteiger partial charge is 0.243 e. The molecule has 2 aromatic carbocycles. The van der Waals surface area contributed by atoms with Crippen LogP contribution in [-0.2, 0) is 15.4 Å². The molecule has 0 N–H and O–H groups in total. The number of hydrogen-bond acceptors (Lipinski definition) is 2. The topological polar surface area (TPSA) is 37.1 Å². The van der Waals surface area contributed by atoms with Crippen molar-refractivity contribution in [3.63, 3.8) is 0 Å². The fourth-order valence-electron chi connectivity index (χ4n) is 2.60. The molecular weight excluding hydrogens is 294 g/mol. The minimum Gasteiger partial charge on any atom is -0.207 e. The Balaban J connectivity index is 1.83. The molecular formula is C18H21NO2S. The molecule has 0 amide bonds. The predicted octanol–water partition coefficient (Wildman–Crippen LogP) is 3.73. The fourth-order valence-corrected chi connectivity index (χ4v) is 4.14. The Bertz CT molecular complexity index is 759. The van der Waals surface area contributed by atoms with Gasteiger partial charge in [-0.2, -0.15) is 4.31 Å². The van der Waals surface area contributed by atoms with E-state index in [4.69, 9.17) is 0 Å². The first-order valence-corrected chi connectivity index (χ1v) is 8.91. The van der Waals surface area contributed by atoms with Crippen LogP contribution in [0.1, 0.15) is 37.9 Å². The SMILES string of the molecule is CC(C)(C)c1ccc(S(=O)(=O)N2C[C@@H]2c2ccccc2)cc1. The van der Waals surface area contributed by atoms with Crippen LogP contribution in [0, 0.1) is 0 Å². The lowest BCUT2D eigenvalue weighted by Gasteiger charge is -2.19. The van der Waals surface area contributed by atoms with Gasteiger partial charge in [-0.15, -0.1) is 0 Å². The average Bonchev–Trinajstić information content (AvgIpc) is 3.29. The van der Waals surface area contributed by atoms with Gasteiger partial charge < -0.3 is 0 Å². The molecule has 0 bridgehead atoms. The van der Waals surface area contributed by atoms with Crippen molar-refractivity contribution in [2.24, 2.45) is 0 Å². The van der Waals surface area contributed by atoms with Crippen LogP contribution >= 0.6 is 0 Å². The summed E-state index contributed by atoms with van der Waals surface area (Å²) in [6, 6.07) is 17.0. The van der Waals surface area contributed by atoms with Gasteiger partial charge in [-0.1, -0.05) is 63.2 Å². The minimum atomic E-state index is -3.39. The predicted molar refractivity (Wildman–Crippen MR) is 88.2 cm³/mol. The molecule has 1 fully saturated rings. The maximum atomic E-state index is 12.7. The van der Waals surface area contributed by atoms with Crippen molar-refractivity contribution < 1.29 is 8.42 Å². The molecule has 2 aromatic rings. The van der Waals surface area contributed by atoms with Crippen molar-refractivity contribution in [1.82, 2.24) is 4.31 Å². The molecule has 0 saturated carbocycles. The highest BCUT2D eigenvalue weighted by molar-refractivity contribution is 7.89.